The maximum absolute atomic E-state index is 12.2. The van der Waals surface area contributed by atoms with Gasteiger partial charge in [-0.25, -0.2) is 0 Å². The zero-order valence-electron chi connectivity index (χ0n) is 13.4. The van der Waals surface area contributed by atoms with Crippen LogP contribution in [0.3, 0.4) is 0 Å². The Morgan fingerprint density at radius 3 is 2.65 bits per heavy atom. The van der Waals surface area contributed by atoms with Crippen LogP contribution in [0.5, 0.6) is 11.5 Å². The van der Waals surface area contributed by atoms with Crippen molar-refractivity contribution >= 4 is 11.6 Å². The number of nitro groups is 1. The Hall–Kier alpha value is -2.31. The Bertz CT molecular complexity index is 570. The van der Waals surface area contributed by atoms with Crippen LogP contribution in [0, 0.1) is 10.1 Å². The number of hydrogen-bond acceptors (Lipinski definition) is 5. The van der Waals surface area contributed by atoms with Gasteiger partial charge in [0.2, 0.25) is 0 Å². The number of carbonyl (C=O) groups is 1. The molecule has 2 rings (SSSR count). The number of amides is 1. The first-order chi connectivity index (χ1) is 11.0. The van der Waals surface area contributed by atoms with Crippen molar-refractivity contribution in [3.8, 4) is 11.5 Å². The third kappa shape index (κ3) is 4.58. The first-order valence-electron chi connectivity index (χ1n) is 7.80. The van der Waals surface area contributed by atoms with Crippen LogP contribution in [0.2, 0.25) is 0 Å². The summed E-state index contributed by atoms with van der Waals surface area (Å²) in [5.74, 6) is 0.174. The van der Waals surface area contributed by atoms with Crippen LogP contribution < -0.4 is 14.8 Å². The number of nitrogens with one attached hydrogen (secondary N) is 1. The highest BCUT2D eigenvalue weighted by atomic mass is 16.6. The van der Waals surface area contributed by atoms with Crippen molar-refractivity contribution in [2.24, 2.45) is 0 Å². The summed E-state index contributed by atoms with van der Waals surface area (Å²) < 4.78 is 10.5. The van der Waals surface area contributed by atoms with Crippen molar-refractivity contribution in [2.75, 3.05) is 7.11 Å². The molecule has 1 aromatic carbocycles. The number of nitrogens with zero attached hydrogens (tertiary/aromatic N) is 1. The van der Waals surface area contributed by atoms with Gasteiger partial charge in [-0.05, 0) is 31.9 Å². The molecule has 1 amide bonds. The molecule has 1 aliphatic carbocycles. The zero-order valence-corrected chi connectivity index (χ0v) is 13.4. The van der Waals surface area contributed by atoms with Crippen LogP contribution in [0.1, 0.15) is 39.0 Å². The maximum atomic E-state index is 12.2. The van der Waals surface area contributed by atoms with Gasteiger partial charge in [-0.1, -0.05) is 19.3 Å². The smallest absolute Gasteiger partial charge is 0.314 e. The molecule has 1 fully saturated rings. The van der Waals surface area contributed by atoms with Gasteiger partial charge in [-0.2, -0.15) is 0 Å². The molecule has 0 aromatic heterocycles. The number of benzene rings is 1. The minimum Gasteiger partial charge on any atom is -0.496 e. The van der Waals surface area contributed by atoms with Crippen molar-refractivity contribution in [3.05, 3.63) is 28.3 Å². The predicted octanol–water partition coefficient (Wildman–Crippen LogP) is 2.82. The molecule has 0 saturated heterocycles. The van der Waals surface area contributed by atoms with Gasteiger partial charge in [0.25, 0.3) is 5.91 Å². The quantitative estimate of drug-likeness (QED) is 0.642. The summed E-state index contributed by atoms with van der Waals surface area (Å²) in [6.07, 6.45) is 4.58. The number of ether oxygens (including phenoxy) is 2. The van der Waals surface area contributed by atoms with E-state index < -0.39 is 11.0 Å². The number of carbonyl (C=O) groups excluding carboxylic acids is 1. The third-order valence-electron chi connectivity index (χ3n) is 3.99. The van der Waals surface area contributed by atoms with Gasteiger partial charge < -0.3 is 14.8 Å². The minimum atomic E-state index is -0.802. The third-order valence-corrected chi connectivity index (χ3v) is 3.99. The molecule has 7 heteroatoms. The molecule has 1 aromatic rings. The highest BCUT2D eigenvalue weighted by Gasteiger charge is 2.24. The van der Waals surface area contributed by atoms with Crippen molar-refractivity contribution in [2.45, 2.75) is 51.2 Å². The molecule has 1 atom stereocenters. The van der Waals surface area contributed by atoms with Crippen LogP contribution in [0.25, 0.3) is 0 Å². The molecule has 0 unspecified atom stereocenters. The normalized spacial score (nSPS) is 16.4. The molecule has 126 valence electrons. The van der Waals surface area contributed by atoms with Gasteiger partial charge in [-0.3, -0.25) is 14.9 Å². The summed E-state index contributed by atoms with van der Waals surface area (Å²) in [6, 6.07) is 4.46. The number of hydrogen-bond donors (Lipinski definition) is 1. The molecule has 7 nitrogen and oxygen atoms in total. The molecule has 1 aliphatic rings. The highest BCUT2D eigenvalue weighted by Crippen LogP contribution is 2.31. The largest absolute Gasteiger partial charge is 0.496 e. The van der Waals surface area contributed by atoms with Crippen LogP contribution in [0.15, 0.2) is 18.2 Å². The Labute approximate surface area is 135 Å². The van der Waals surface area contributed by atoms with E-state index in [4.69, 9.17) is 9.47 Å². The Morgan fingerprint density at radius 1 is 1.35 bits per heavy atom. The number of methoxy groups -OCH3 is 1. The summed E-state index contributed by atoms with van der Waals surface area (Å²) in [6.45, 7) is 1.59. The fourth-order valence-electron chi connectivity index (χ4n) is 2.68. The molecule has 23 heavy (non-hydrogen) atoms. The monoisotopic (exact) mass is 322 g/mol. The first-order valence-corrected chi connectivity index (χ1v) is 7.80. The van der Waals surface area contributed by atoms with E-state index in [1.807, 2.05) is 0 Å². The van der Waals surface area contributed by atoms with Crippen LogP contribution >= 0.6 is 0 Å². The molecular weight excluding hydrogens is 300 g/mol. The van der Waals surface area contributed by atoms with E-state index in [0.29, 0.717) is 5.75 Å². The minimum absolute atomic E-state index is 0.0575. The Kier molecular flexibility index (Phi) is 5.78. The standard InChI is InChI=1S/C16H22N2O5/c1-11(16(19)17-12-6-4-3-5-7-12)23-15-9-8-13(22-2)10-14(15)18(20)21/h8-12H,3-7H2,1-2H3,(H,17,19)/t11-/m1/s1. The van der Waals surface area contributed by atoms with Gasteiger partial charge in [0, 0.05) is 6.04 Å². The number of nitro benzene ring substituents is 1. The molecule has 0 aliphatic heterocycles. The van der Waals surface area contributed by atoms with E-state index in [1.165, 1.54) is 25.7 Å². The summed E-state index contributed by atoms with van der Waals surface area (Å²) in [5, 5.41) is 14.1. The van der Waals surface area contributed by atoms with Gasteiger partial charge in [0.05, 0.1) is 18.1 Å². The van der Waals surface area contributed by atoms with E-state index in [1.54, 1.807) is 13.0 Å². The molecule has 0 bridgehead atoms. The molecule has 1 N–H and O–H groups in total. The lowest BCUT2D eigenvalue weighted by molar-refractivity contribution is -0.386. The SMILES string of the molecule is COc1ccc(O[C@H](C)C(=O)NC2CCCCC2)c([N+](=O)[O-])c1. The molecule has 0 heterocycles. The highest BCUT2D eigenvalue weighted by molar-refractivity contribution is 5.81. The molecular formula is C16H22N2O5. The first kappa shape index (κ1) is 17.1. The lowest BCUT2D eigenvalue weighted by Gasteiger charge is -2.24. The summed E-state index contributed by atoms with van der Waals surface area (Å²) >= 11 is 0. The van der Waals surface area contributed by atoms with E-state index in [0.717, 1.165) is 25.7 Å². The summed E-state index contributed by atoms with van der Waals surface area (Å²) in [7, 11) is 1.43. The van der Waals surface area contributed by atoms with Crippen LogP contribution in [-0.4, -0.2) is 30.1 Å². The lowest BCUT2D eigenvalue weighted by Crippen LogP contribution is -2.43. The van der Waals surface area contributed by atoms with Crippen molar-refractivity contribution in [1.29, 1.82) is 0 Å². The van der Waals surface area contributed by atoms with E-state index in [2.05, 4.69) is 5.32 Å². The average Bonchev–Trinajstić information content (AvgIpc) is 2.55. The summed E-state index contributed by atoms with van der Waals surface area (Å²) in [4.78, 5) is 22.8. The van der Waals surface area contributed by atoms with Crippen LogP contribution in [-0.2, 0) is 4.79 Å². The van der Waals surface area contributed by atoms with Crippen LogP contribution in [0.4, 0.5) is 5.69 Å². The lowest BCUT2D eigenvalue weighted by atomic mass is 9.95. The topological polar surface area (TPSA) is 90.7 Å². The van der Waals surface area contributed by atoms with Crippen molar-refractivity contribution in [3.63, 3.8) is 0 Å². The zero-order chi connectivity index (χ0) is 16.8. The second-order valence-electron chi connectivity index (χ2n) is 5.69. The molecule has 1 saturated carbocycles. The van der Waals surface area contributed by atoms with Gasteiger partial charge in [0.1, 0.15) is 5.75 Å². The van der Waals surface area contributed by atoms with Crippen molar-refractivity contribution in [1.82, 2.24) is 5.32 Å². The fraction of sp³-hybridized carbons (Fsp3) is 0.562. The predicted molar refractivity (Wildman–Crippen MR) is 84.8 cm³/mol. The van der Waals surface area contributed by atoms with Crippen molar-refractivity contribution < 1.29 is 19.2 Å². The summed E-state index contributed by atoms with van der Waals surface area (Å²) in [5.41, 5.74) is -0.221. The fourth-order valence-corrected chi connectivity index (χ4v) is 2.68. The van der Waals surface area contributed by atoms with Gasteiger partial charge >= 0.3 is 5.69 Å². The average molecular weight is 322 g/mol. The Balaban J connectivity index is 2.02. The molecule has 0 spiro atoms. The van der Waals surface area contributed by atoms with E-state index >= 15 is 0 Å². The van der Waals surface area contributed by atoms with E-state index in [9.17, 15) is 14.9 Å². The van der Waals surface area contributed by atoms with Gasteiger partial charge in [-0.15, -0.1) is 0 Å². The number of rotatable bonds is 6. The van der Waals surface area contributed by atoms with Gasteiger partial charge in [0.15, 0.2) is 11.9 Å². The van der Waals surface area contributed by atoms with E-state index in [-0.39, 0.29) is 23.4 Å². The Morgan fingerprint density at radius 2 is 2.04 bits per heavy atom. The second-order valence-corrected chi connectivity index (χ2v) is 5.69. The molecule has 0 radical (unpaired) electrons. The maximum Gasteiger partial charge on any atom is 0.314 e. The second kappa shape index (κ2) is 7.80.